The number of hydrogen-bond acceptors (Lipinski definition) is 5. The second-order valence-electron chi connectivity index (χ2n) is 7.30. The van der Waals surface area contributed by atoms with Crippen molar-refractivity contribution in [2.45, 2.75) is 55.9 Å². The summed E-state index contributed by atoms with van der Waals surface area (Å²) in [6.45, 7) is 0. The lowest BCUT2D eigenvalue weighted by atomic mass is 9.90. The number of ether oxygens (including phenoxy) is 1. The Balaban J connectivity index is 1.42. The van der Waals surface area contributed by atoms with Crippen LogP contribution in [0.3, 0.4) is 0 Å². The number of esters is 1. The first-order chi connectivity index (χ1) is 13.1. The molecule has 0 N–H and O–H groups in total. The van der Waals surface area contributed by atoms with E-state index in [9.17, 15) is 14.4 Å². The summed E-state index contributed by atoms with van der Waals surface area (Å²) in [4.78, 5) is 39.5. The number of amides is 2. The van der Waals surface area contributed by atoms with Crippen LogP contribution in [0.2, 0.25) is 0 Å². The third-order valence-corrected chi connectivity index (χ3v) is 6.41. The second-order valence-corrected chi connectivity index (χ2v) is 8.35. The third-order valence-electron chi connectivity index (χ3n) is 5.44. The fraction of sp³-hybridized carbons (Fsp3) is 0.476. The van der Waals surface area contributed by atoms with Crippen LogP contribution in [0, 0.1) is 5.92 Å². The molecule has 2 amide bonds. The molecule has 0 radical (unpaired) electrons. The van der Waals surface area contributed by atoms with Crippen molar-refractivity contribution >= 4 is 35.2 Å². The molecular formula is C21H23NO4S. The van der Waals surface area contributed by atoms with E-state index in [-0.39, 0.29) is 35.6 Å². The van der Waals surface area contributed by atoms with Crippen LogP contribution in [0.5, 0.6) is 0 Å². The molecule has 1 atom stereocenters. The average molecular weight is 385 g/mol. The molecule has 1 aliphatic heterocycles. The van der Waals surface area contributed by atoms with Crippen molar-refractivity contribution in [1.82, 2.24) is 0 Å². The summed E-state index contributed by atoms with van der Waals surface area (Å²) >= 11 is 1.37. The highest BCUT2D eigenvalue weighted by molar-refractivity contribution is 8.00. The van der Waals surface area contributed by atoms with Crippen molar-refractivity contribution in [2.24, 2.45) is 5.92 Å². The van der Waals surface area contributed by atoms with E-state index in [1.807, 2.05) is 18.2 Å². The minimum atomic E-state index is -0.288. The summed E-state index contributed by atoms with van der Waals surface area (Å²) in [6.07, 6.45) is 8.70. The van der Waals surface area contributed by atoms with Gasteiger partial charge in [0.05, 0.1) is 17.4 Å². The minimum absolute atomic E-state index is 0.0703. The number of benzene rings is 1. The van der Waals surface area contributed by atoms with Gasteiger partial charge in [0.25, 0.3) is 5.91 Å². The molecule has 3 aliphatic rings. The van der Waals surface area contributed by atoms with Crippen LogP contribution in [-0.4, -0.2) is 29.6 Å². The Kier molecular flexibility index (Phi) is 5.34. The van der Waals surface area contributed by atoms with E-state index >= 15 is 0 Å². The van der Waals surface area contributed by atoms with Crippen molar-refractivity contribution in [1.29, 1.82) is 0 Å². The Morgan fingerprint density at radius 3 is 2.74 bits per heavy atom. The first kappa shape index (κ1) is 18.3. The predicted octanol–water partition coefficient (Wildman–Crippen LogP) is 3.86. The first-order valence-corrected chi connectivity index (χ1v) is 10.6. The molecule has 1 saturated heterocycles. The molecule has 4 rings (SSSR count). The van der Waals surface area contributed by atoms with Crippen molar-refractivity contribution in [3.8, 4) is 0 Å². The summed E-state index contributed by atoms with van der Waals surface area (Å²) in [7, 11) is 0. The van der Waals surface area contributed by atoms with E-state index in [0.717, 1.165) is 49.8 Å². The van der Waals surface area contributed by atoms with E-state index in [1.54, 1.807) is 12.1 Å². The lowest BCUT2D eigenvalue weighted by molar-refractivity contribution is -0.145. The average Bonchev–Trinajstić information content (AvgIpc) is 3.28. The highest BCUT2D eigenvalue weighted by Gasteiger charge is 2.44. The molecule has 2 fully saturated rings. The zero-order chi connectivity index (χ0) is 18.8. The summed E-state index contributed by atoms with van der Waals surface area (Å²) in [6, 6.07) is 7.28. The van der Waals surface area contributed by atoms with Gasteiger partial charge in [-0.05, 0) is 63.1 Å². The van der Waals surface area contributed by atoms with Crippen LogP contribution in [0.15, 0.2) is 40.8 Å². The molecule has 0 spiro atoms. The van der Waals surface area contributed by atoms with Gasteiger partial charge < -0.3 is 4.74 Å². The summed E-state index contributed by atoms with van der Waals surface area (Å²) in [5.74, 6) is -0.595. The van der Waals surface area contributed by atoms with Crippen molar-refractivity contribution in [3.63, 3.8) is 0 Å². The number of carbonyl (C=O) groups is 3. The summed E-state index contributed by atoms with van der Waals surface area (Å²) in [5, 5.41) is 0. The van der Waals surface area contributed by atoms with Gasteiger partial charge in [-0.2, -0.15) is 0 Å². The van der Waals surface area contributed by atoms with Crippen LogP contribution in [-0.2, 0) is 19.1 Å². The van der Waals surface area contributed by atoms with Crippen molar-refractivity contribution in [3.05, 3.63) is 35.9 Å². The lowest BCUT2D eigenvalue weighted by Crippen LogP contribution is -2.30. The quantitative estimate of drug-likeness (QED) is 0.437. The maximum Gasteiger partial charge on any atom is 0.316 e. The second kappa shape index (κ2) is 7.89. The standard InChI is InChI=1S/C21H23NO4S/c23-19(26-15-7-1-2-8-15)13-27-16-9-5-6-14(12-16)22-20(24)17-10-3-4-11-18(17)21(22)25/h5-6,9-10,12,15,18H,1-4,7-8,11,13H2. The van der Waals surface area contributed by atoms with Crippen molar-refractivity contribution < 1.29 is 19.1 Å². The monoisotopic (exact) mass is 385 g/mol. The molecule has 6 heteroatoms. The number of allylic oxidation sites excluding steroid dienone is 1. The smallest absolute Gasteiger partial charge is 0.316 e. The Bertz CT molecular complexity index is 797. The van der Waals surface area contributed by atoms with Crippen LogP contribution in [0.1, 0.15) is 44.9 Å². The zero-order valence-electron chi connectivity index (χ0n) is 15.2. The van der Waals surface area contributed by atoms with Gasteiger partial charge in [-0.3, -0.25) is 14.4 Å². The molecule has 1 unspecified atom stereocenters. The van der Waals surface area contributed by atoms with Crippen molar-refractivity contribution in [2.75, 3.05) is 10.7 Å². The number of carbonyl (C=O) groups excluding carboxylic acids is 3. The molecule has 1 aromatic carbocycles. The summed E-state index contributed by atoms with van der Waals surface area (Å²) < 4.78 is 5.48. The number of imide groups is 1. The largest absolute Gasteiger partial charge is 0.462 e. The van der Waals surface area contributed by atoms with Gasteiger partial charge in [0.15, 0.2) is 0 Å². The maximum absolute atomic E-state index is 12.7. The molecule has 142 valence electrons. The Labute approximate surface area is 163 Å². The SMILES string of the molecule is O=C(CSc1cccc(N2C(=O)C3=CCCCC3C2=O)c1)OC1CCCC1. The number of thioether (sulfide) groups is 1. The van der Waals surface area contributed by atoms with E-state index < -0.39 is 0 Å². The lowest BCUT2D eigenvalue weighted by Gasteiger charge is -2.16. The third kappa shape index (κ3) is 3.81. The Hall–Kier alpha value is -2.08. The summed E-state index contributed by atoms with van der Waals surface area (Å²) in [5.41, 5.74) is 1.22. The number of hydrogen-bond donors (Lipinski definition) is 0. The molecule has 1 saturated carbocycles. The van der Waals surface area contributed by atoms with Gasteiger partial charge in [-0.15, -0.1) is 11.8 Å². The van der Waals surface area contributed by atoms with Gasteiger partial charge in [0, 0.05) is 10.5 Å². The minimum Gasteiger partial charge on any atom is -0.462 e. The van der Waals surface area contributed by atoms with E-state index in [2.05, 4.69) is 0 Å². The highest BCUT2D eigenvalue weighted by atomic mass is 32.2. The number of anilines is 1. The van der Waals surface area contributed by atoms with Gasteiger partial charge in [-0.1, -0.05) is 12.1 Å². The molecule has 2 aliphatic carbocycles. The molecular weight excluding hydrogens is 362 g/mol. The Morgan fingerprint density at radius 1 is 1.15 bits per heavy atom. The van der Waals surface area contributed by atoms with E-state index in [4.69, 9.17) is 4.74 Å². The van der Waals surface area contributed by atoms with Gasteiger partial charge >= 0.3 is 5.97 Å². The molecule has 27 heavy (non-hydrogen) atoms. The van der Waals surface area contributed by atoms with Gasteiger partial charge in [0.2, 0.25) is 5.91 Å². The highest BCUT2D eigenvalue weighted by Crippen LogP contribution is 2.37. The van der Waals surface area contributed by atoms with Gasteiger partial charge in [0.1, 0.15) is 6.10 Å². The first-order valence-electron chi connectivity index (χ1n) is 9.64. The number of fused-ring (bicyclic) bond motifs is 1. The number of nitrogens with zero attached hydrogens (tertiary/aromatic N) is 1. The van der Waals surface area contributed by atoms with E-state index in [1.165, 1.54) is 16.7 Å². The molecule has 0 bridgehead atoms. The normalized spacial score (nSPS) is 22.7. The predicted molar refractivity (Wildman–Crippen MR) is 103 cm³/mol. The molecule has 0 aromatic heterocycles. The molecule has 5 nitrogen and oxygen atoms in total. The molecule has 1 heterocycles. The molecule has 1 aromatic rings. The maximum atomic E-state index is 12.7. The van der Waals surface area contributed by atoms with Crippen LogP contribution < -0.4 is 4.90 Å². The topological polar surface area (TPSA) is 63.7 Å². The number of rotatable bonds is 5. The fourth-order valence-corrected chi connectivity index (χ4v) is 4.81. The van der Waals surface area contributed by atoms with Crippen LogP contribution in [0.4, 0.5) is 5.69 Å². The zero-order valence-corrected chi connectivity index (χ0v) is 16.0. The van der Waals surface area contributed by atoms with Crippen LogP contribution >= 0.6 is 11.8 Å². The van der Waals surface area contributed by atoms with E-state index in [0.29, 0.717) is 11.3 Å². The van der Waals surface area contributed by atoms with Gasteiger partial charge in [-0.25, -0.2) is 4.90 Å². The Morgan fingerprint density at radius 2 is 1.96 bits per heavy atom. The van der Waals surface area contributed by atoms with Crippen LogP contribution in [0.25, 0.3) is 0 Å². The fourth-order valence-electron chi connectivity index (χ4n) is 4.08.